The molecule has 1 saturated carbocycles. The highest BCUT2D eigenvalue weighted by Crippen LogP contribution is 2.43. The van der Waals surface area contributed by atoms with Crippen LogP contribution >= 0.6 is 23.2 Å². The number of halogens is 2. The number of nitrogens with one attached hydrogen (secondary N) is 1. The zero-order valence-electron chi connectivity index (χ0n) is 10.2. The first-order valence-corrected chi connectivity index (χ1v) is 7.05. The van der Waals surface area contributed by atoms with Crippen LogP contribution in [0.25, 0.3) is 0 Å². The second-order valence-electron chi connectivity index (χ2n) is 5.06. The Balaban J connectivity index is 1.83. The van der Waals surface area contributed by atoms with Crippen molar-refractivity contribution in [1.82, 2.24) is 5.32 Å². The first-order chi connectivity index (χ1) is 8.15. The van der Waals surface area contributed by atoms with Crippen molar-refractivity contribution in [2.45, 2.75) is 39.2 Å². The Morgan fingerprint density at radius 1 is 1.24 bits per heavy atom. The largest absolute Gasteiger partial charge is 0.312 e. The van der Waals surface area contributed by atoms with Crippen molar-refractivity contribution < 1.29 is 0 Å². The lowest BCUT2D eigenvalue weighted by Crippen LogP contribution is -2.39. The number of benzene rings is 1. The minimum atomic E-state index is 0.566. The van der Waals surface area contributed by atoms with Crippen LogP contribution in [0.4, 0.5) is 0 Å². The first-order valence-electron chi connectivity index (χ1n) is 6.30. The van der Waals surface area contributed by atoms with Crippen LogP contribution in [0.1, 0.15) is 38.2 Å². The monoisotopic (exact) mass is 271 g/mol. The van der Waals surface area contributed by atoms with Gasteiger partial charge in [-0.2, -0.15) is 0 Å². The standard InChI is InChI=1S/C14H19Cl2N/c1-2-14(6-3-7-14)10-17-9-11-4-5-12(15)13(16)8-11/h4-5,8,17H,2-3,6-7,9-10H2,1H3. The van der Waals surface area contributed by atoms with Crippen molar-refractivity contribution in [1.29, 1.82) is 0 Å². The predicted octanol–water partition coefficient (Wildman–Crippen LogP) is 4.66. The average Bonchev–Trinajstić information content (AvgIpc) is 2.27. The van der Waals surface area contributed by atoms with Crippen molar-refractivity contribution in [3.8, 4) is 0 Å². The summed E-state index contributed by atoms with van der Waals surface area (Å²) >= 11 is 11.9. The summed E-state index contributed by atoms with van der Waals surface area (Å²) < 4.78 is 0. The molecule has 0 spiro atoms. The molecule has 1 aliphatic rings. The van der Waals surface area contributed by atoms with Crippen LogP contribution in [0.2, 0.25) is 10.0 Å². The SMILES string of the molecule is CCC1(CNCc2ccc(Cl)c(Cl)c2)CCC1. The van der Waals surface area contributed by atoms with E-state index >= 15 is 0 Å². The van der Waals surface area contributed by atoms with Gasteiger partial charge in [0.25, 0.3) is 0 Å². The Kier molecular flexibility index (Phi) is 4.35. The van der Waals surface area contributed by atoms with Crippen LogP contribution in [-0.4, -0.2) is 6.54 Å². The Labute approximate surface area is 114 Å². The summed E-state index contributed by atoms with van der Waals surface area (Å²) in [6.07, 6.45) is 5.42. The van der Waals surface area contributed by atoms with E-state index in [0.29, 0.717) is 15.5 Å². The van der Waals surface area contributed by atoms with Crippen molar-refractivity contribution >= 4 is 23.2 Å². The molecule has 0 bridgehead atoms. The summed E-state index contributed by atoms with van der Waals surface area (Å²) in [4.78, 5) is 0. The van der Waals surface area contributed by atoms with Gasteiger partial charge in [0.2, 0.25) is 0 Å². The van der Waals surface area contributed by atoms with Gasteiger partial charge in [-0.25, -0.2) is 0 Å². The molecule has 3 heteroatoms. The van der Waals surface area contributed by atoms with E-state index in [4.69, 9.17) is 23.2 Å². The fourth-order valence-corrected chi connectivity index (χ4v) is 2.77. The molecule has 1 nitrogen and oxygen atoms in total. The molecule has 1 aromatic rings. The fraction of sp³-hybridized carbons (Fsp3) is 0.571. The third kappa shape index (κ3) is 3.15. The molecule has 17 heavy (non-hydrogen) atoms. The van der Waals surface area contributed by atoms with Crippen molar-refractivity contribution in [3.05, 3.63) is 33.8 Å². The Morgan fingerprint density at radius 3 is 2.53 bits per heavy atom. The maximum absolute atomic E-state index is 5.99. The Hall–Kier alpha value is -0.240. The van der Waals surface area contributed by atoms with Crippen molar-refractivity contribution in [2.75, 3.05) is 6.54 Å². The zero-order chi connectivity index (χ0) is 12.3. The summed E-state index contributed by atoms with van der Waals surface area (Å²) in [6, 6.07) is 5.83. The minimum Gasteiger partial charge on any atom is -0.312 e. The highest BCUT2D eigenvalue weighted by molar-refractivity contribution is 6.42. The maximum atomic E-state index is 5.99. The van der Waals surface area contributed by atoms with E-state index < -0.39 is 0 Å². The molecule has 0 aromatic heterocycles. The molecule has 0 saturated heterocycles. The van der Waals surface area contributed by atoms with E-state index in [-0.39, 0.29) is 0 Å². The van der Waals surface area contributed by atoms with Gasteiger partial charge in [-0.15, -0.1) is 0 Å². The van der Waals surface area contributed by atoms with E-state index in [1.165, 1.54) is 31.2 Å². The highest BCUT2D eigenvalue weighted by Gasteiger charge is 2.34. The molecule has 1 aliphatic carbocycles. The lowest BCUT2D eigenvalue weighted by Gasteiger charge is -2.41. The van der Waals surface area contributed by atoms with Gasteiger partial charge in [0, 0.05) is 13.1 Å². The van der Waals surface area contributed by atoms with Gasteiger partial charge in [-0.1, -0.05) is 42.6 Å². The molecule has 1 fully saturated rings. The quantitative estimate of drug-likeness (QED) is 0.821. The van der Waals surface area contributed by atoms with E-state index in [9.17, 15) is 0 Å². The van der Waals surface area contributed by atoms with Gasteiger partial charge in [-0.3, -0.25) is 0 Å². The second-order valence-corrected chi connectivity index (χ2v) is 5.87. The van der Waals surface area contributed by atoms with Crippen molar-refractivity contribution in [2.24, 2.45) is 5.41 Å². The smallest absolute Gasteiger partial charge is 0.0595 e. The molecule has 2 rings (SSSR count). The lowest BCUT2D eigenvalue weighted by atomic mass is 9.67. The van der Waals surface area contributed by atoms with E-state index in [1.54, 1.807) is 0 Å². The normalized spacial score (nSPS) is 17.8. The van der Waals surface area contributed by atoms with Crippen LogP contribution in [0.15, 0.2) is 18.2 Å². The molecule has 0 heterocycles. The number of hydrogen-bond donors (Lipinski definition) is 1. The zero-order valence-corrected chi connectivity index (χ0v) is 11.7. The molecule has 0 aliphatic heterocycles. The van der Waals surface area contributed by atoms with Gasteiger partial charge >= 0.3 is 0 Å². The van der Waals surface area contributed by atoms with Crippen LogP contribution < -0.4 is 5.32 Å². The topological polar surface area (TPSA) is 12.0 Å². The summed E-state index contributed by atoms with van der Waals surface area (Å²) in [7, 11) is 0. The minimum absolute atomic E-state index is 0.566. The van der Waals surface area contributed by atoms with Gasteiger partial charge in [0.05, 0.1) is 10.0 Å². The first kappa shape index (κ1) is 13.2. The summed E-state index contributed by atoms with van der Waals surface area (Å²) in [5.41, 5.74) is 1.76. The van der Waals surface area contributed by atoms with Gasteiger partial charge in [0.1, 0.15) is 0 Å². The van der Waals surface area contributed by atoms with Gasteiger partial charge in [-0.05, 0) is 42.4 Å². The summed E-state index contributed by atoms with van der Waals surface area (Å²) in [5.74, 6) is 0. The summed E-state index contributed by atoms with van der Waals surface area (Å²) in [5, 5.41) is 4.80. The van der Waals surface area contributed by atoms with E-state index in [0.717, 1.165) is 13.1 Å². The van der Waals surface area contributed by atoms with Crippen LogP contribution in [0, 0.1) is 5.41 Å². The van der Waals surface area contributed by atoms with Crippen molar-refractivity contribution in [3.63, 3.8) is 0 Å². The molecule has 1 N–H and O–H groups in total. The maximum Gasteiger partial charge on any atom is 0.0595 e. The Bertz CT molecular complexity index is 380. The van der Waals surface area contributed by atoms with Gasteiger partial charge in [0.15, 0.2) is 0 Å². The van der Waals surface area contributed by atoms with Crippen LogP contribution in [0.5, 0.6) is 0 Å². The predicted molar refractivity (Wildman–Crippen MR) is 74.7 cm³/mol. The highest BCUT2D eigenvalue weighted by atomic mass is 35.5. The third-order valence-corrected chi connectivity index (χ3v) is 4.72. The molecular formula is C14H19Cl2N. The molecule has 94 valence electrons. The van der Waals surface area contributed by atoms with Crippen LogP contribution in [-0.2, 0) is 6.54 Å². The molecular weight excluding hydrogens is 253 g/mol. The lowest BCUT2D eigenvalue weighted by molar-refractivity contribution is 0.124. The molecule has 1 aromatic carbocycles. The molecule has 0 unspecified atom stereocenters. The van der Waals surface area contributed by atoms with E-state index in [2.05, 4.69) is 12.2 Å². The average molecular weight is 272 g/mol. The third-order valence-electron chi connectivity index (χ3n) is 3.98. The Morgan fingerprint density at radius 2 is 2.00 bits per heavy atom. The van der Waals surface area contributed by atoms with Crippen LogP contribution in [0.3, 0.4) is 0 Å². The summed E-state index contributed by atoms with van der Waals surface area (Å²) in [6.45, 7) is 4.28. The molecule has 0 radical (unpaired) electrons. The molecule has 0 amide bonds. The van der Waals surface area contributed by atoms with Gasteiger partial charge < -0.3 is 5.32 Å². The number of hydrogen-bond acceptors (Lipinski definition) is 1. The molecule has 0 atom stereocenters. The second kappa shape index (κ2) is 5.60. The fourth-order valence-electron chi connectivity index (χ4n) is 2.45. The number of rotatable bonds is 5. The van der Waals surface area contributed by atoms with E-state index in [1.807, 2.05) is 18.2 Å².